The summed E-state index contributed by atoms with van der Waals surface area (Å²) in [5.41, 5.74) is 0.911. The van der Waals surface area contributed by atoms with Crippen LogP contribution in [0, 0.1) is 5.82 Å². The quantitative estimate of drug-likeness (QED) is 0.848. The lowest BCUT2D eigenvalue weighted by atomic mass is 10.0. The Labute approximate surface area is 160 Å². The first-order chi connectivity index (χ1) is 12.4. The minimum absolute atomic E-state index is 0.0192. The Morgan fingerprint density at radius 2 is 1.58 bits per heavy atom. The third-order valence-corrected chi connectivity index (χ3v) is 5.13. The lowest BCUT2D eigenvalue weighted by Crippen LogP contribution is -2.46. The van der Waals surface area contributed by atoms with Crippen LogP contribution in [0.3, 0.4) is 0 Å². The maximum atomic E-state index is 13.0. The maximum absolute atomic E-state index is 13.0. The Balaban J connectivity index is 1.54. The summed E-state index contributed by atoms with van der Waals surface area (Å²) in [6.45, 7) is 1.06. The lowest BCUT2D eigenvalue weighted by Gasteiger charge is -2.32. The topological polar surface area (TPSA) is 49.4 Å². The summed E-state index contributed by atoms with van der Waals surface area (Å²) in [6, 6.07) is 10.2. The van der Waals surface area contributed by atoms with E-state index in [1.165, 1.54) is 30.3 Å². The predicted molar refractivity (Wildman–Crippen MR) is 99.3 cm³/mol. The van der Waals surface area contributed by atoms with Crippen LogP contribution in [0.2, 0.25) is 10.0 Å². The van der Waals surface area contributed by atoms with E-state index in [0.29, 0.717) is 47.1 Å². The van der Waals surface area contributed by atoms with Gasteiger partial charge in [-0.2, -0.15) is 0 Å². The molecule has 0 radical (unpaired) electrons. The second-order valence-corrected chi connectivity index (χ2v) is 6.99. The molecular weight excluding hydrogens is 378 g/mol. The molecule has 2 aromatic rings. The zero-order valence-electron chi connectivity index (χ0n) is 13.8. The molecule has 0 aliphatic carbocycles. The monoisotopic (exact) mass is 394 g/mol. The van der Waals surface area contributed by atoms with Crippen LogP contribution in [0.15, 0.2) is 42.5 Å². The molecule has 26 heavy (non-hydrogen) atoms. The molecule has 1 heterocycles. The van der Waals surface area contributed by atoms with E-state index < -0.39 is 0 Å². The maximum Gasteiger partial charge on any atom is 0.253 e. The average molecular weight is 395 g/mol. The molecule has 0 aromatic heterocycles. The lowest BCUT2D eigenvalue weighted by molar-refractivity contribution is 0.0698. The minimum atomic E-state index is -0.370. The number of nitrogens with zero attached hydrogens (tertiary/aromatic N) is 1. The van der Waals surface area contributed by atoms with Gasteiger partial charge in [0, 0.05) is 30.3 Å². The van der Waals surface area contributed by atoms with Gasteiger partial charge in [-0.05, 0) is 55.3 Å². The van der Waals surface area contributed by atoms with Crippen LogP contribution in [0.25, 0.3) is 0 Å². The Kier molecular flexibility index (Phi) is 5.79. The highest BCUT2D eigenvalue weighted by atomic mass is 35.5. The Morgan fingerprint density at radius 1 is 0.962 bits per heavy atom. The molecule has 136 valence electrons. The fraction of sp³-hybridized carbons (Fsp3) is 0.263. The molecule has 7 heteroatoms. The number of hydrogen-bond donors (Lipinski definition) is 1. The Bertz CT molecular complexity index is 819. The highest BCUT2D eigenvalue weighted by Gasteiger charge is 2.25. The molecule has 0 atom stereocenters. The van der Waals surface area contributed by atoms with Crippen molar-refractivity contribution in [3.63, 3.8) is 0 Å². The van der Waals surface area contributed by atoms with Crippen molar-refractivity contribution in [3.05, 3.63) is 69.5 Å². The van der Waals surface area contributed by atoms with Crippen molar-refractivity contribution in [2.75, 3.05) is 13.1 Å². The highest BCUT2D eigenvalue weighted by Crippen LogP contribution is 2.23. The fourth-order valence-electron chi connectivity index (χ4n) is 2.91. The van der Waals surface area contributed by atoms with Crippen LogP contribution in [0.5, 0.6) is 0 Å². The molecule has 0 spiro atoms. The van der Waals surface area contributed by atoms with Gasteiger partial charge in [0.15, 0.2) is 0 Å². The van der Waals surface area contributed by atoms with E-state index in [9.17, 15) is 14.0 Å². The predicted octanol–water partition coefficient (Wildman–Crippen LogP) is 4.17. The molecule has 3 rings (SSSR count). The number of carbonyl (C=O) groups is 2. The molecule has 0 bridgehead atoms. The van der Waals surface area contributed by atoms with Crippen molar-refractivity contribution >= 4 is 35.0 Å². The normalized spacial score (nSPS) is 15.0. The van der Waals surface area contributed by atoms with Gasteiger partial charge in [-0.3, -0.25) is 9.59 Å². The standard InChI is InChI=1S/C19H17Cl2FN2O2/c20-16-6-3-13(11-17(16)21)18(25)23-15-7-9-24(10-8-15)19(26)12-1-4-14(22)5-2-12/h1-6,11,15H,7-10H2,(H,23,25). The fourth-order valence-corrected chi connectivity index (χ4v) is 3.21. The first-order valence-electron chi connectivity index (χ1n) is 8.25. The molecule has 1 fully saturated rings. The Morgan fingerprint density at radius 3 is 2.19 bits per heavy atom. The summed E-state index contributed by atoms with van der Waals surface area (Å²) in [7, 11) is 0. The van der Waals surface area contributed by atoms with Crippen LogP contribution in [-0.2, 0) is 0 Å². The van der Waals surface area contributed by atoms with Crippen molar-refractivity contribution in [1.82, 2.24) is 10.2 Å². The van der Waals surface area contributed by atoms with Crippen LogP contribution < -0.4 is 5.32 Å². The summed E-state index contributed by atoms with van der Waals surface area (Å²) in [5, 5.41) is 3.69. The van der Waals surface area contributed by atoms with Crippen molar-refractivity contribution in [1.29, 1.82) is 0 Å². The third kappa shape index (κ3) is 4.34. The number of carbonyl (C=O) groups excluding carboxylic acids is 2. The van der Waals surface area contributed by atoms with E-state index in [1.807, 2.05) is 0 Å². The van der Waals surface area contributed by atoms with Crippen molar-refractivity contribution in [3.8, 4) is 0 Å². The van der Waals surface area contributed by atoms with Crippen molar-refractivity contribution in [2.45, 2.75) is 18.9 Å². The molecule has 1 aliphatic rings. The SMILES string of the molecule is O=C(NC1CCN(C(=O)c2ccc(F)cc2)CC1)c1ccc(Cl)c(Cl)c1. The van der Waals surface area contributed by atoms with Crippen molar-refractivity contribution in [2.24, 2.45) is 0 Å². The third-order valence-electron chi connectivity index (χ3n) is 4.39. The molecule has 2 aromatic carbocycles. The number of halogens is 3. The van der Waals surface area contributed by atoms with Gasteiger partial charge >= 0.3 is 0 Å². The van der Waals surface area contributed by atoms with Gasteiger partial charge in [0.2, 0.25) is 0 Å². The van der Waals surface area contributed by atoms with Gasteiger partial charge in [0.05, 0.1) is 10.0 Å². The summed E-state index contributed by atoms with van der Waals surface area (Å²) in [4.78, 5) is 26.5. The summed E-state index contributed by atoms with van der Waals surface area (Å²) >= 11 is 11.8. The largest absolute Gasteiger partial charge is 0.349 e. The molecule has 2 amide bonds. The number of rotatable bonds is 3. The number of amides is 2. The molecule has 4 nitrogen and oxygen atoms in total. The summed E-state index contributed by atoms with van der Waals surface area (Å²) in [6.07, 6.45) is 1.31. The van der Waals surface area contributed by atoms with Gasteiger partial charge in [-0.1, -0.05) is 23.2 Å². The second kappa shape index (κ2) is 8.06. The Hall–Kier alpha value is -2.11. The van der Waals surface area contributed by atoms with E-state index >= 15 is 0 Å². The molecule has 0 unspecified atom stereocenters. The average Bonchev–Trinajstić information content (AvgIpc) is 2.64. The van der Waals surface area contributed by atoms with Crippen LogP contribution in [-0.4, -0.2) is 35.8 Å². The molecule has 1 saturated heterocycles. The molecular formula is C19H17Cl2FN2O2. The van der Waals surface area contributed by atoms with Crippen LogP contribution in [0.4, 0.5) is 4.39 Å². The number of nitrogens with one attached hydrogen (secondary N) is 1. The molecule has 1 N–H and O–H groups in total. The van der Waals surface area contributed by atoms with E-state index in [1.54, 1.807) is 17.0 Å². The zero-order chi connectivity index (χ0) is 18.7. The highest BCUT2D eigenvalue weighted by molar-refractivity contribution is 6.42. The van der Waals surface area contributed by atoms with Gasteiger partial charge in [0.1, 0.15) is 5.82 Å². The van der Waals surface area contributed by atoms with Crippen LogP contribution >= 0.6 is 23.2 Å². The van der Waals surface area contributed by atoms with E-state index in [0.717, 1.165) is 0 Å². The summed E-state index contributed by atoms with van der Waals surface area (Å²) in [5.74, 6) is -0.712. The van der Waals surface area contributed by atoms with Gasteiger partial charge in [-0.15, -0.1) is 0 Å². The van der Waals surface area contributed by atoms with Crippen molar-refractivity contribution < 1.29 is 14.0 Å². The van der Waals surface area contributed by atoms with E-state index in [2.05, 4.69) is 5.32 Å². The molecule has 1 aliphatic heterocycles. The first-order valence-corrected chi connectivity index (χ1v) is 9.00. The zero-order valence-corrected chi connectivity index (χ0v) is 15.4. The van der Waals surface area contributed by atoms with Gasteiger partial charge in [-0.25, -0.2) is 4.39 Å². The van der Waals surface area contributed by atoms with E-state index in [-0.39, 0.29) is 23.7 Å². The number of piperidine rings is 1. The number of hydrogen-bond acceptors (Lipinski definition) is 2. The summed E-state index contributed by atoms with van der Waals surface area (Å²) < 4.78 is 13.0. The first kappa shape index (κ1) is 18.7. The number of likely N-dealkylation sites (tertiary alicyclic amines) is 1. The minimum Gasteiger partial charge on any atom is -0.349 e. The van der Waals surface area contributed by atoms with Crippen LogP contribution in [0.1, 0.15) is 33.6 Å². The van der Waals surface area contributed by atoms with Gasteiger partial charge in [0.25, 0.3) is 11.8 Å². The second-order valence-electron chi connectivity index (χ2n) is 6.18. The smallest absolute Gasteiger partial charge is 0.253 e. The number of benzene rings is 2. The molecule has 0 saturated carbocycles. The van der Waals surface area contributed by atoms with E-state index in [4.69, 9.17) is 23.2 Å². The van der Waals surface area contributed by atoms with Gasteiger partial charge < -0.3 is 10.2 Å².